The van der Waals surface area contributed by atoms with Crippen LogP contribution in [0.5, 0.6) is 0 Å². The van der Waals surface area contributed by atoms with Crippen LogP contribution in [0.1, 0.15) is 17.3 Å². The van der Waals surface area contributed by atoms with Crippen molar-refractivity contribution in [2.45, 2.75) is 6.92 Å². The van der Waals surface area contributed by atoms with Gasteiger partial charge >= 0.3 is 0 Å². The van der Waals surface area contributed by atoms with E-state index in [1.165, 1.54) is 6.26 Å². The molecule has 0 saturated heterocycles. The van der Waals surface area contributed by atoms with Gasteiger partial charge in [0.15, 0.2) is 4.67 Å². The average molecular weight is 292 g/mol. The molecule has 1 aromatic heterocycles. The quantitative estimate of drug-likeness (QED) is 0.907. The van der Waals surface area contributed by atoms with E-state index in [9.17, 15) is 4.79 Å². The molecular formula is C10H14BrNO2S. The average Bonchev–Trinajstić information content (AvgIpc) is 2.61. The lowest BCUT2D eigenvalue weighted by Gasteiger charge is -2.10. The second-order valence-electron chi connectivity index (χ2n) is 3.38. The maximum Gasteiger partial charge on any atom is 0.255 e. The van der Waals surface area contributed by atoms with Crippen LogP contribution in [0.25, 0.3) is 0 Å². The van der Waals surface area contributed by atoms with E-state index in [2.05, 4.69) is 34.4 Å². The Bertz CT molecular complexity index is 327. The van der Waals surface area contributed by atoms with E-state index in [0.29, 0.717) is 22.7 Å². The topological polar surface area (TPSA) is 42.2 Å². The Morgan fingerprint density at radius 2 is 2.47 bits per heavy atom. The van der Waals surface area contributed by atoms with Crippen LogP contribution < -0.4 is 5.32 Å². The highest BCUT2D eigenvalue weighted by molar-refractivity contribution is 9.10. The molecule has 0 aliphatic carbocycles. The van der Waals surface area contributed by atoms with E-state index in [4.69, 9.17) is 4.42 Å². The highest BCUT2D eigenvalue weighted by Gasteiger charge is 2.12. The van der Waals surface area contributed by atoms with Gasteiger partial charge in [0.2, 0.25) is 0 Å². The first-order valence-electron chi connectivity index (χ1n) is 4.65. The zero-order valence-electron chi connectivity index (χ0n) is 8.75. The fourth-order valence-electron chi connectivity index (χ4n) is 1.16. The summed E-state index contributed by atoms with van der Waals surface area (Å²) < 4.78 is 5.48. The minimum atomic E-state index is -0.0939. The molecule has 1 rings (SSSR count). The fourth-order valence-corrected chi connectivity index (χ4v) is 2.27. The summed E-state index contributed by atoms with van der Waals surface area (Å²) in [5, 5.41) is 2.87. The van der Waals surface area contributed by atoms with E-state index in [1.807, 2.05) is 0 Å². The Hall–Kier alpha value is -0.420. The largest absolute Gasteiger partial charge is 0.457 e. The Kier molecular flexibility index (Phi) is 5.25. The molecule has 1 atom stereocenters. The molecular weight excluding hydrogens is 278 g/mol. The number of nitrogens with one attached hydrogen (secondary N) is 1. The number of halogens is 1. The van der Waals surface area contributed by atoms with Crippen molar-refractivity contribution in [2.75, 3.05) is 18.6 Å². The molecule has 1 amide bonds. The van der Waals surface area contributed by atoms with Crippen molar-refractivity contribution in [2.24, 2.45) is 5.92 Å². The van der Waals surface area contributed by atoms with Gasteiger partial charge in [-0.1, -0.05) is 6.92 Å². The molecule has 5 heteroatoms. The monoisotopic (exact) mass is 291 g/mol. The number of carbonyl (C=O) groups is 1. The second-order valence-corrected chi connectivity index (χ2v) is 5.01. The molecule has 1 heterocycles. The van der Waals surface area contributed by atoms with Crippen molar-refractivity contribution in [1.82, 2.24) is 5.32 Å². The van der Waals surface area contributed by atoms with Crippen molar-refractivity contribution >= 4 is 33.6 Å². The van der Waals surface area contributed by atoms with E-state index in [0.717, 1.165) is 5.75 Å². The third-order valence-corrected chi connectivity index (χ3v) is 3.44. The molecule has 0 aliphatic rings. The Morgan fingerprint density at radius 1 is 1.73 bits per heavy atom. The molecule has 0 bridgehead atoms. The van der Waals surface area contributed by atoms with Crippen molar-refractivity contribution in [1.29, 1.82) is 0 Å². The molecule has 0 fully saturated rings. The van der Waals surface area contributed by atoms with Gasteiger partial charge in [-0.05, 0) is 39.9 Å². The molecule has 0 aromatic carbocycles. The number of thioether (sulfide) groups is 1. The van der Waals surface area contributed by atoms with Crippen molar-refractivity contribution in [3.8, 4) is 0 Å². The first kappa shape index (κ1) is 12.6. The summed E-state index contributed by atoms with van der Waals surface area (Å²) in [4.78, 5) is 11.6. The normalized spacial score (nSPS) is 12.5. The lowest BCUT2D eigenvalue weighted by molar-refractivity contribution is 0.0947. The van der Waals surface area contributed by atoms with Gasteiger partial charge in [0, 0.05) is 6.54 Å². The van der Waals surface area contributed by atoms with Crippen LogP contribution in [0.15, 0.2) is 21.4 Å². The predicted octanol–water partition coefficient (Wildman–Crippen LogP) is 2.77. The van der Waals surface area contributed by atoms with Gasteiger partial charge in [-0.15, -0.1) is 0 Å². The van der Waals surface area contributed by atoms with Crippen LogP contribution in [0.4, 0.5) is 0 Å². The van der Waals surface area contributed by atoms with Gasteiger partial charge in [0.25, 0.3) is 5.91 Å². The van der Waals surface area contributed by atoms with Gasteiger partial charge in [-0.2, -0.15) is 11.8 Å². The molecule has 0 spiro atoms. The second kappa shape index (κ2) is 6.23. The zero-order valence-corrected chi connectivity index (χ0v) is 11.2. The lowest BCUT2D eigenvalue weighted by atomic mass is 10.2. The Balaban J connectivity index is 2.40. The molecule has 0 saturated carbocycles. The van der Waals surface area contributed by atoms with Gasteiger partial charge in [0.05, 0.1) is 11.8 Å². The number of hydrogen-bond acceptors (Lipinski definition) is 3. The first-order valence-corrected chi connectivity index (χ1v) is 6.84. The van der Waals surface area contributed by atoms with Gasteiger partial charge in [-0.3, -0.25) is 4.79 Å². The Morgan fingerprint density at radius 3 is 3.00 bits per heavy atom. The third kappa shape index (κ3) is 3.91. The van der Waals surface area contributed by atoms with Crippen LogP contribution >= 0.6 is 27.7 Å². The predicted molar refractivity (Wildman–Crippen MR) is 66.3 cm³/mol. The molecule has 1 aromatic rings. The summed E-state index contributed by atoms with van der Waals surface area (Å²) in [6.45, 7) is 2.80. The van der Waals surface area contributed by atoms with Crippen LogP contribution in [-0.4, -0.2) is 24.5 Å². The summed E-state index contributed by atoms with van der Waals surface area (Å²) in [5.74, 6) is 1.44. The van der Waals surface area contributed by atoms with Gasteiger partial charge < -0.3 is 9.73 Å². The van der Waals surface area contributed by atoms with E-state index < -0.39 is 0 Å². The molecule has 3 nitrogen and oxygen atoms in total. The van der Waals surface area contributed by atoms with Crippen molar-refractivity contribution in [3.63, 3.8) is 0 Å². The van der Waals surface area contributed by atoms with Crippen LogP contribution in [0.2, 0.25) is 0 Å². The molecule has 84 valence electrons. The minimum absolute atomic E-state index is 0.0939. The summed E-state index contributed by atoms with van der Waals surface area (Å²) >= 11 is 4.96. The minimum Gasteiger partial charge on any atom is -0.457 e. The standard InChI is InChI=1S/C10H14BrNO2S/c1-7(6-15-2)5-12-10(13)8-3-4-14-9(8)11/h3-4,7H,5-6H2,1-2H3,(H,12,13). The van der Waals surface area contributed by atoms with E-state index in [-0.39, 0.29) is 5.91 Å². The smallest absolute Gasteiger partial charge is 0.255 e. The molecule has 1 N–H and O–H groups in total. The molecule has 1 unspecified atom stereocenters. The summed E-state index contributed by atoms with van der Waals surface area (Å²) in [7, 11) is 0. The van der Waals surface area contributed by atoms with Crippen LogP contribution in [0.3, 0.4) is 0 Å². The van der Waals surface area contributed by atoms with Crippen molar-refractivity contribution < 1.29 is 9.21 Å². The van der Waals surface area contributed by atoms with Crippen LogP contribution in [0, 0.1) is 5.92 Å². The third-order valence-electron chi connectivity index (χ3n) is 1.92. The highest BCUT2D eigenvalue weighted by Crippen LogP contribution is 2.17. The first-order chi connectivity index (χ1) is 7.15. The van der Waals surface area contributed by atoms with E-state index in [1.54, 1.807) is 17.8 Å². The van der Waals surface area contributed by atoms with E-state index >= 15 is 0 Å². The molecule has 15 heavy (non-hydrogen) atoms. The summed E-state index contributed by atoms with van der Waals surface area (Å²) in [6.07, 6.45) is 3.55. The highest BCUT2D eigenvalue weighted by atomic mass is 79.9. The number of amides is 1. The molecule has 0 radical (unpaired) electrons. The van der Waals surface area contributed by atoms with Crippen LogP contribution in [-0.2, 0) is 0 Å². The van der Waals surface area contributed by atoms with Gasteiger partial charge in [0.1, 0.15) is 0 Å². The molecule has 0 aliphatic heterocycles. The lowest BCUT2D eigenvalue weighted by Crippen LogP contribution is -2.29. The zero-order chi connectivity index (χ0) is 11.3. The maximum absolute atomic E-state index is 11.6. The number of carbonyl (C=O) groups excluding carboxylic acids is 1. The summed E-state index contributed by atoms with van der Waals surface area (Å²) in [5.41, 5.74) is 0.548. The number of rotatable bonds is 5. The number of furan rings is 1. The number of hydrogen-bond donors (Lipinski definition) is 1. The van der Waals surface area contributed by atoms with Gasteiger partial charge in [-0.25, -0.2) is 0 Å². The maximum atomic E-state index is 11.6. The van der Waals surface area contributed by atoms with Crippen molar-refractivity contribution in [3.05, 3.63) is 22.6 Å². The SMILES string of the molecule is CSCC(C)CNC(=O)c1ccoc1Br. The summed E-state index contributed by atoms with van der Waals surface area (Å²) in [6, 6.07) is 1.65. The fraction of sp³-hybridized carbons (Fsp3) is 0.500. The Labute approximate surface area is 102 Å².